The van der Waals surface area contributed by atoms with Crippen molar-refractivity contribution in [3.63, 3.8) is 0 Å². The monoisotopic (exact) mass is 482 g/mol. The predicted octanol–water partition coefficient (Wildman–Crippen LogP) is 0.958. The summed E-state index contributed by atoms with van der Waals surface area (Å²) in [5, 5.41) is 5.77. The molecule has 3 rings (SSSR count). The van der Waals surface area contributed by atoms with Crippen LogP contribution in [-0.4, -0.2) is 80.9 Å². The second kappa shape index (κ2) is 14.2. The van der Waals surface area contributed by atoms with Gasteiger partial charge < -0.3 is 29.2 Å². The number of ether oxygens (including phenoxy) is 2. The minimum absolute atomic E-state index is 0.0345. The lowest BCUT2D eigenvalue weighted by Crippen LogP contribution is -2.39. The topological polar surface area (TPSA) is 112 Å². The summed E-state index contributed by atoms with van der Waals surface area (Å²) in [6.07, 6.45) is 11.0. The summed E-state index contributed by atoms with van der Waals surface area (Å²) in [7, 11) is 3.49. The number of carbonyl (C=O) groups excluding carboxylic acids is 2. The molecule has 2 atom stereocenters. The fourth-order valence-corrected chi connectivity index (χ4v) is 5.49. The van der Waals surface area contributed by atoms with Crippen molar-refractivity contribution in [2.45, 2.75) is 38.1 Å². The van der Waals surface area contributed by atoms with Crippen LogP contribution >= 0.6 is 21.6 Å². The summed E-state index contributed by atoms with van der Waals surface area (Å²) in [6, 6.07) is 0. The Morgan fingerprint density at radius 2 is 1.31 bits per heavy atom. The quantitative estimate of drug-likeness (QED) is 0.383. The molecule has 10 nitrogen and oxygen atoms in total. The minimum Gasteiger partial charge on any atom is -0.374 e. The van der Waals surface area contributed by atoms with Crippen LogP contribution in [-0.2, 0) is 32.2 Å². The van der Waals surface area contributed by atoms with E-state index in [1.54, 1.807) is 46.6 Å². The molecule has 1 fully saturated rings. The van der Waals surface area contributed by atoms with Gasteiger partial charge >= 0.3 is 0 Å². The Morgan fingerprint density at radius 3 is 1.72 bits per heavy atom. The fourth-order valence-electron chi connectivity index (χ4n) is 3.03. The Morgan fingerprint density at radius 1 is 0.844 bits per heavy atom. The zero-order valence-corrected chi connectivity index (χ0v) is 19.6. The highest BCUT2D eigenvalue weighted by Gasteiger charge is 2.28. The third-order valence-electron chi connectivity index (χ3n) is 4.79. The maximum atomic E-state index is 12.0. The second-order valence-electron chi connectivity index (χ2n) is 7.19. The maximum Gasteiger partial charge on any atom is 0.222 e. The van der Waals surface area contributed by atoms with Gasteiger partial charge in [-0.05, 0) is 0 Å². The van der Waals surface area contributed by atoms with Crippen LogP contribution in [0, 0.1) is 0 Å². The van der Waals surface area contributed by atoms with Gasteiger partial charge in [-0.15, -0.1) is 0 Å². The van der Waals surface area contributed by atoms with E-state index >= 15 is 0 Å². The molecule has 2 aromatic heterocycles. The summed E-state index contributed by atoms with van der Waals surface area (Å²) < 4.78 is 15.7. The summed E-state index contributed by atoms with van der Waals surface area (Å²) in [5.74, 6) is 1.53. The van der Waals surface area contributed by atoms with Crippen LogP contribution in [0.2, 0.25) is 0 Å². The lowest BCUT2D eigenvalue weighted by Gasteiger charge is -2.30. The zero-order chi connectivity index (χ0) is 22.4. The molecule has 2 N–H and O–H groups in total. The van der Waals surface area contributed by atoms with E-state index in [2.05, 4.69) is 20.6 Å². The number of amides is 2. The number of imidazole rings is 2. The molecule has 176 valence electrons. The number of rotatable bonds is 14. The molecule has 0 saturated carbocycles. The van der Waals surface area contributed by atoms with Crippen molar-refractivity contribution in [3.05, 3.63) is 37.4 Å². The van der Waals surface area contributed by atoms with Crippen molar-refractivity contribution in [2.75, 3.05) is 37.8 Å². The van der Waals surface area contributed by atoms with Crippen LogP contribution in [0.25, 0.3) is 0 Å². The van der Waals surface area contributed by atoms with Gasteiger partial charge in [-0.1, -0.05) is 21.6 Å². The van der Waals surface area contributed by atoms with Crippen LogP contribution in [0.4, 0.5) is 0 Å². The first-order valence-electron chi connectivity index (χ1n) is 10.6. The molecule has 3 heterocycles. The molecule has 0 spiro atoms. The number of nitrogens with one attached hydrogen (secondary N) is 2. The van der Waals surface area contributed by atoms with E-state index in [0.717, 1.165) is 11.5 Å². The van der Waals surface area contributed by atoms with Crippen LogP contribution < -0.4 is 10.6 Å². The minimum atomic E-state index is -0.0794. The molecule has 0 radical (unpaired) electrons. The van der Waals surface area contributed by atoms with Crippen LogP contribution in [0.5, 0.6) is 0 Å². The Hall–Kier alpha value is -2.02. The Balaban J connectivity index is 1.25. The standard InChI is InChI=1S/C20H30N6O4S2/c27-19(23-5-9-25-7-3-21-15-25)1-11-29-17-13-31-32-14-18(17)30-12-2-20(28)24-6-10-26-8-4-22-16-26/h3-4,7-8,15-18H,1-2,5-6,9-14H2,(H,23,27)(H,24,28). The number of carbonyl (C=O) groups is 2. The number of hydrogen-bond donors (Lipinski definition) is 2. The molecular weight excluding hydrogens is 452 g/mol. The van der Waals surface area contributed by atoms with Crippen LogP contribution in [0.15, 0.2) is 37.4 Å². The first kappa shape index (κ1) is 24.6. The van der Waals surface area contributed by atoms with E-state index in [4.69, 9.17) is 9.47 Å². The molecule has 1 aliphatic rings. The third-order valence-corrected chi connectivity index (χ3v) is 7.20. The number of nitrogens with zero attached hydrogens (tertiary/aromatic N) is 4. The molecule has 12 heteroatoms. The molecule has 0 aromatic carbocycles. The molecule has 1 aliphatic heterocycles. The van der Waals surface area contributed by atoms with E-state index in [-0.39, 0.29) is 24.0 Å². The van der Waals surface area contributed by atoms with Crippen molar-refractivity contribution in [2.24, 2.45) is 0 Å². The first-order valence-corrected chi connectivity index (χ1v) is 13.1. The summed E-state index contributed by atoms with van der Waals surface area (Å²) in [5.41, 5.74) is 0. The largest absolute Gasteiger partial charge is 0.374 e. The van der Waals surface area contributed by atoms with Crippen LogP contribution in [0.3, 0.4) is 0 Å². The third kappa shape index (κ3) is 9.23. The van der Waals surface area contributed by atoms with Gasteiger partial charge in [0.15, 0.2) is 0 Å². The number of hydrogen-bond acceptors (Lipinski definition) is 8. The lowest BCUT2D eigenvalue weighted by atomic mass is 10.2. The second-order valence-corrected chi connectivity index (χ2v) is 9.74. The average Bonchev–Trinajstić information content (AvgIpc) is 3.49. The molecule has 32 heavy (non-hydrogen) atoms. The molecule has 2 amide bonds. The SMILES string of the molecule is O=C(CCOC1CSSCC1OCCC(=O)NCCn1ccnc1)NCCn1ccnc1. The van der Waals surface area contributed by atoms with E-state index in [1.165, 1.54) is 0 Å². The number of aromatic nitrogens is 4. The van der Waals surface area contributed by atoms with Crippen molar-refractivity contribution in [1.82, 2.24) is 29.7 Å². The van der Waals surface area contributed by atoms with E-state index in [0.29, 0.717) is 52.2 Å². The smallest absolute Gasteiger partial charge is 0.222 e. The molecular formula is C20H30N6O4S2. The van der Waals surface area contributed by atoms with Crippen molar-refractivity contribution in [1.29, 1.82) is 0 Å². The van der Waals surface area contributed by atoms with Gasteiger partial charge in [0.25, 0.3) is 0 Å². The normalized spacial score (nSPS) is 18.4. The summed E-state index contributed by atoms with van der Waals surface area (Å²) in [4.78, 5) is 31.9. The summed E-state index contributed by atoms with van der Waals surface area (Å²) in [6.45, 7) is 3.19. The van der Waals surface area contributed by atoms with Gasteiger partial charge in [-0.3, -0.25) is 9.59 Å². The molecule has 2 aromatic rings. The highest BCUT2D eigenvalue weighted by atomic mass is 33.1. The van der Waals surface area contributed by atoms with Crippen molar-refractivity contribution >= 4 is 33.4 Å². The van der Waals surface area contributed by atoms with Gasteiger partial charge in [0.2, 0.25) is 11.8 Å². The molecule has 1 saturated heterocycles. The average molecular weight is 483 g/mol. The van der Waals surface area contributed by atoms with Crippen molar-refractivity contribution in [3.8, 4) is 0 Å². The fraction of sp³-hybridized carbons (Fsp3) is 0.600. The zero-order valence-electron chi connectivity index (χ0n) is 17.9. The maximum absolute atomic E-state index is 12.0. The van der Waals surface area contributed by atoms with Gasteiger partial charge in [-0.2, -0.15) is 0 Å². The predicted molar refractivity (Wildman–Crippen MR) is 124 cm³/mol. The van der Waals surface area contributed by atoms with Gasteiger partial charge in [0.05, 0.1) is 38.1 Å². The lowest BCUT2D eigenvalue weighted by molar-refractivity contribution is -0.126. The molecule has 0 bridgehead atoms. The van der Waals surface area contributed by atoms with E-state index < -0.39 is 0 Å². The summed E-state index contributed by atoms with van der Waals surface area (Å²) >= 11 is 0. The van der Waals surface area contributed by atoms with Crippen molar-refractivity contribution < 1.29 is 19.1 Å². The van der Waals surface area contributed by atoms with Gasteiger partial charge in [0.1, 0.15) is 0 Å². The highest BCUT2D eigenvalue weighted by molar-refractivity contribution is 8.76. The van der Waals surface area contributed by atoms with Gasteiger partial charge in [0, 0.05) is 75.3 Å². The molecule has 0 aliphatic carbocycles. The first-order chi connectivity index (χ1) is 15.7. The highest BCUT2D eigenvalue weighted by Crippen LogP contribution is 2.32. The van der Waals surface area contributed by atoms with Crippen LogP contribution in [0.1, 0.15) is 12.8 Å². The van der Waals surface area contributed by atoms with E-state index in [1.807, 2.05) is 21.5 Å². The Kier molecular flexibility index (Phi) is 10.9. The molecule has 2 unspecified atom stereocenters. The Labute approximate surface area is 195 Å². The Bertz CT molecular complexity index is 724. The van der Waals surface area contributed by atoms with Gasteiger partial charge in [-0.25, -0.2) is 9.97 Å². The van der Waals surface area contributed by atoms with E-state index in [9.17, 15) is 9.59 Å².